The smallest absolute Gasteiger partial charge is 0.320 e. The number of hydrogen-bond acceptors (Lipinski definition) is 3. The Balaban J connectivity index is 0. The van der Waals surface area contributed by atoms with E-state index in [9.17, 15) is 4.79 Å². The van der Waals surface area contributed by atoms with Gasteiger partial charge in [0.25, 0.3) is 0 Å². The van der Waals surface area contributed by atoms with Gasteiger partial charge in [-0.1, -0.05) is 23.2 Å². The first-order chi connectivity index (χ1) is 6.50. The summed E-state index contributed by atoms with van der Waals surface area (Å²) in [6, 6.07) is 0.605. The van der Waals surface area contributed by atoms with Crippen LogP contribution in [-0.2, 0) is 11.2 Å². The molecule has 3 N–H and O–H groups in total. The Kier molecular flexibility index (Phi) is 8.97. The van der Waals surface area contributed by atoms with Crippen molar-refractivity contribution < 1.29 is 9.90 Å². The van der Waals surface area contributed by atoms with E-state index < -0.39 is 12.0 Å². The van der Waals surface area contributed by atoms with E-state index in [-0.39, 0.29) is 36.4 Å². The summed E-state index contributed by atoms with van der Waals surface area (Å²) in [6.07, 6.45) is 1.64. The number of carboxylic acid groups (broad SMARTS) is 1. The highest BCUT2D eigenvalue weighted by Crippen LogP contribution is 2.20. The molecule has 0 radical (unpaired) electrons. The topological polar surface area (TPSA) is 76.2 Å². The second-order valence-corrected chi connectivity index (χ2v) is 3.53. The van der Waals surface area contributed by atoms with Crippen molar-refractivity contribution in [2.75, 3.05) is 0 Å². The predicted octanol–water partition coefficient (Wildman–Crippen LogP) is 2.19. The molecule has 1 heterocycles. The minimum atomic E-state index is -1.06. The molecule has 1 atom stereocenters. The normalized spacial score (nSPS) is 10.9. The fourth-order valence-corrected chi connectivity index (χ4v) is 1.21. The largest absolute Gasteiger partial charge is 0.480 e. The van der Waals surface area contributed by atoms with Crippen LogP contribution >= 0.6 is 48.0 Å². The fraction of sp³-hybridized carbons (Fsp3) is 0.250. The van der Waals surface area contributed by atoms with Gasteiger partial charge in [0.15, 0.2) is 0 Å². The molecule has 0 saturated carbocycles. The lowest BCUT2D eigenvalue weighted by atomic mass is 10.1. The number of carboxylic acids is 1. The highest BCUT2D eigenvalue weighted by atomic mass is 35.5. The molecule has 0 aliphatic rings. The number of aromatic nitrogens is 1. The zero-order chi connectivity index (χ0) is 10.7. The molecule has 1 aromatic heterocycles. The molecule has 0 bridgehead atoms. The second kappa shape index (κ2) is 7.92. The van der Waals surface area contributed by atoms with Crippen molar-refractivity contribution in [2.45, 2.75) is 12.5 Å². The van der Waals surface area contributed by atoms with E-state index in [4.69, 9.17) is 34.0 Å². The summed E-state index contributed by atoms with van der Waals surface area (Å²) in [5.41, 5.74) is 5.98. The first-order valence-corrected chi connectivity index (χ1v) is 4.54. The molecular formula is C8H10Cl4N2O2. The van der Waals surface area contributed by atoms with E-state index in [1.165, 1.54) is 6.20 Å². The zero-order valence-corrected chi connectivity index (χ0v) is 11.0. The van der Waals surface area contributed by atoms with E-state index in [0.717, 1.165) is 0 Å². The van der Waals surface area contributed by atoms with E-state index in [2.05, 4.69) is 4.98 Å². The predicted molar refractivity (Wildman–Crippen MR) is 68.1 cm³/mol. The highest BCUT2D eigenvalue weighted by molar-refractivity contribution is 6.41. The third-order valence-corrected chi connectivity index (χ3v) is 2.31. The number of nitrogens with zero attached hydrogens (tertiary/aromatic N) is 1. The van der Waals surface area contributed by atoms with E-state index in [1.807, 2.05) is 0 Å². The quantitative estimate of drug-likeness (QED) is 0.839. The van der Waals surface area contributed by atoms with Gasteiger partial charge in [0, 0.05) is 6.20 Å². The molecular weight excluding hydrogens is 298 g/mol. The molecule has 8 heteroatoms. The van der Waals surface area contributed by atoms with Crippen molar-refractivity contribution in [3.05, 3.63) is 28.0 Å². The molecule has 0 aromatic carbocycles. The molecule has 0 spiro atoms. The van der Waals surface area contributed by atoms with Crippen molar-refractivity contribution in [3.63, 3.8) is 0 Å². The maximum absolute atomic E-state index is 10.5. The van der Waals surface area contributed by atoms with Crippen LogP contribution in [0.2, 0.25) is 10.2 Å². The van der Waals surface area contributed by atoms with Crippen LogP contribution in [0.25, 0.3) is 0 Å². The van der Waals surface area contributed by atoms with Gasteiger partial charge in [0.05, 0.1) is 5.02 Å². The minimum absolute atomic E-state index is 0. The number of rotatable bonds is 3. The zero-order valence-electron chi connectivity index (χ0n) is 7.89. The number of pyridine rings is 1. The van der Waals surface area contributed by atoms with Crippen molar-refractivity contribution >= 4 is 54.0 Å². The monoisotopic (exact) mass is 306 g/mol. The van der Waals surface area contributed by atoms with Gasteiger partial charge in [0.2, 0.25) is 0 Å². The number of aliphatic carboxylic acids is 1. The molecule has 16 heavy (non-hydrogen) atoms. The van der Waals surface area contributed by atoms with Crippen LogP contribution < -0.4 is 5.73 Å². The van der Waals surface area contributed by atoms with E-state index >= 15 is 0 Å². The Morgan fingerprint density at radius 3 is 2.50 bits per heavy atom. The minimum Gasteiger partial charge on any atom is -0.480 e. The highest BCUT2D eigenvalue weighted by Gasteiger charge is 2.12. The molecule has 92 valence electrons. The van der Waals surface area contributed by atoms with Gasteiger partial charge in [-0.05, 0) is 18.1 Å². The molecule has 0 aliphatic carbocycles. The van der Waals surface area contributed by atoms with Crippen LogP contribution in [-0.4, -0.2) is 22.1 Å². The number of hydrogen-bond donors (Lipinski definition) is 2. The van der Waals surface area contributed by atoms with Crippen molar-refractivity contribution in [2.24, 2.45) is 5.73 Å². The van der Waals surface area contributed by atoms with E-state index in [1.54, 1.807) is 6.07 Å². The third-order valence-electron chi connectivity index (χ3n) is 1.63. The Labute approximate surface area is 115 Å². The summed E-state index contributed by atoms with van der Waals surface area (Å²) < 4.78 is 0. The van der Waals surface area contributed by atoms with Gasteiger partial charge in [0.1, 0.15) is 11.2 Å². The molecule has 1 aromatic rings. The summed E-state index contributed by atoms with van der Waals surface area (Å²) in [5, 5.41) is 9.05. The average molecular weight is 308 g/mol. The first kappa shape index (κ1) is 18.1. The maximum atomic E-state index is 10.5. The molecule has 1 rings (SSSR count). The van der Waals surface area contributed by atoms with Crippen molar-refractivity contribution in [1.82, 2.24) is 4.98 Å². The fourth-order valence-electron chi connectivity index (χ4n) is 0.914. The third kappa shape index (κ3) is 5.18. The first-order valence-electron chi connectivity index (χ1n) is 3.79. The average Bonchev–Trinajstić information content (AvgIpc) is 2.11. The van der Waals surface area contributed by atoms with Gasteiger partial charge >= 0.3 is 5.97 Å². The summed E-state index contributed by atoms with van der Waals surface area (Å²) in [6.45, 7) is 0. The Bertz CT molecular complexity index is 362. The molecule has 0 saturated heterocycles. The van der Waals surface area contributed by atoms with Gasteiger partial charge in [-0.25, -0.2) is 4.98 Å². The SMILES string of the molecule is Cl.Cl.NC(Cc1cnc(Cl)c(Cl)c1)C(=O)O. The Morgan fingerprint density at radius 1 is 1.50 bits per heavy atom. The second-order valence-electron chi connectivity index (χ2n) is 2.77. The van der Waals surface area contributed by atoms with Crippen LogP contribution in [0.4, 0.5) is 0 Å². The van der Waals surface area contributed by atoms with Crippen LogP contribution in [0.15, 0.2) is 12.3 Å². The van der Waals surface area contributed by atoms with E-state index in [0.29, 0.717) is 10.6 Å². The number of halogens is 4. The summed E-state index contributed by atoms with van der Waals surface area (Å²) >= 11 is 11.3. The Morgan fingerprint density at radius 2 is 2.06 bits per heavy atom. The van der Waals surface area contributed by atoms with Crippen molar-refractivity contribution in [1.29, 1.82) is 0 Å². The lowest BCUT2D eigenvalue weighted by Crippen LogP contribution is -2.32. The summed E-state index contributed by atoms with van der Waals surface area (Å²) in [5.74, 6) is -1.06. The maximum Gasteiger partial charge on any atom is 0.320 e. The van der Waals surface area contributed by atoms with Gasteiger partial charge in [-0.3, -0.25) is 4.79 Å². The van der Waals surface area contributed by atoms with Gasteiger partial charge < -0.3 is 10.8 Å². The van der Waals surface area contributed by atoms with Crippen LogP contribution in [0.5, 0.6) is 0 Å². The standard InChI is InChI=1S/C8H8Cl2N2O2.2ClH/c9-5-1-4(3-12-7(5)10)2-6(11)8(13)14;;/h1,3,6H,2,11H2,(H,13,14);2*1H. The molecule has 4 nitrogen and oxygen atoms in total. The van der Waals surface area contributed by atoms with Gasteiger partial charge in [-0.15, -0.1) is 24.8 Å². The summed E-state index contributed by atoms with van der Waals surface area (Å²) in [7, 11) is 0. The molecule has 0 fully saturated rings. The lowest BCUT2D eigenvalue weighted by molar-refractivity contribution is -0.138. The number of carbonyl (C=O) groups is 1. The lowest BCUT2D eigenvalue weighted by Gasteiger charge is -2.06. The Hall–Kier alpha value is -0.260. The van der Waals surface area contributed by atoms with Crippen LogP contribution in [0, 0.1) is 0 Å². The van der Waals surface area contributed by atoms with Crippen molar-refractivity contribution in [3.8, 4) is 0 Å². The molecule has 0 amide bonds. The summed E-state index contributed by atoms with van der Waals surface area (Å²) in [4.78, 5) is 14.2. The van der Waals surface area contributed by atoms with Crippen LogP contribution in [0.3, 0.4) is 0 Å². The molecule has 0 aliphatic heterocycles. The van der Waals surface area contributed by atoms with Gasteiger partial charge in [-0.2, -0.15) is 0 Å². The molecule has 1 unspecified atom stereocenters. The number of nitrogens with two attached hydrogens (primary N) is 1. The van der Waals surface area contributed by atoms with Crippen LogP contribution in [0.1, 0.15) is 5.56 Å².